The van der Waals surface area contributed by atoms with E-state index in [0.29, 0.717) is 6.61 Å². The highest BCUT2D eigenvalue weighted by Gasteiger charge is 1.94. The first-order valence-electron chi connectivity index (χ1n) is 4.81. The molecule has 0 aliphatic carbocycles. The third-order valence-electron chi connectivity index (χ3n) is 2.14. The molecule has 1 rings (SSSR count). The topological polar surface area (TPSA) is 35.2 Å². The number of aryl methyl sites for hydroxylation is 1. The van der Waals surface area contributed by atoms with Crippen molar-refractivity contribution in [2.75, 3.05) is 12.9 Å². The Bertz CT molecular complexity index is 248. The number of benzene rings is 1. The van der Waals surface area contributed by atoms with Gasteiger partial charge in [-0.25, -0.2) is 5.90 Å². The minimum atomic E-state index is 0.656. The summed E-state index contributed by atoms with van der Waals surface area (Å²) < 4.78 is 0. The Morgan fingerprint density at radius 2 is 1.93 bits per heavy atom. The summed E-state index contributed by atoms with van der Waals surface area (Å²) in [5.41, 5.74) is 1.39. The number of hydrogen-bond acceptors (Lipinski definition) is 3. The molecular weight excluding hydrogens is 194 g/mol. The SMILES string of the molecule is CSc1ccc(CCCCON)cc1. The van der Waals surface area contributed by atoms with Gasteiger partial charge < -0.3 is 4.84 Å². The predicted molar refractivity (Wildman–Crippen MR) is 61.3 cm³/mol. The number of hydrogen-bond donors (Lipinski definition) is 1. The summed E-state index contributed by atoms with van der Waals surface area (Å²) in [4.78, 5) is 5.83. The predicted octanol–water partition coefficient (Wildman–Crippen LogP) is 2.62. The highest BCUT2D eigenvalue weighted by Crippen LogP contribution is 2.15. The zero-order valence-corrected chi connectivity index (χ0v) is 9.35. The monoisotopic (exact) mass is 211 g/mol. The van der Waals surface area contributed by atoms with Crippen LogP contribution in [0, 0.1) is 0 Å². The Hall–Kier alpha value is -0.510. The molecule has 0 unspecified atom stereocenters. The van der Waals surface area contributed by atoms with Crippen molar-refractivity contribution in [1.29, 1.82) is 0 Å². The van der Waals surface area contributed by atoms with Crippen LogP contribution in [0.2, 0.25) is 0 Å². The maximum Gasteiger partial charge on any atom is 0.0679 e. The summed E-state index contributed by atoms with van der Waals surface area (Å²) in [6.07, 6.45) is 5.36. The molecule has 1 aromatic rings. The van der Waals surface area contributed by atoms with E-state index in [1.165, 1.54) is 10.5 Å². The van der Waals surface area contributed by atoms with Gasteiger partial charge in [-0.05, 0) is 43.2 Å². The van der Waals surface area contributed by atoms with Crippen LogP contribution in [0.25, 0.3) is 0 Å². The molecule has 0 heterocycles. The van der Waals surface area contributed by atoms with Gasteiger partial charge in [-0.1, -0.05) is 12.1 Å². The summed E-state index contributed by atoms with van der Waals surface area (Å²) in [5, 5.41) is 0. The first-order chi connectivity index (χ1) is 6.86. The van der Waals surface area contributed by atoms with Gasteiger partial charge in [0.15, 0.2) is 0 Å². The van der Waals surface area contributed by atoms with Crippen LogP contribution in [0.5, 0.6) is 0 Å². The molecule has 0 spiro atoms. The standard InChI is InChI=1S/C11H17NOS/c1-14-11-7-5-10(6-8-11)4-2-3-9-13-12/h5-8H,2-4,9,12H2,1H3. The van der Waals surface area contributed by atoms with Gasteiger partial charge in [-0.15, -0.1) is 11.8 Å². The van der Waals surface area contributed by atoms with Crippen LogP contribution in [0.15, 0.2) is 29.2 Å². The molecule has 78 valence electrons. The summed E-state index contributed by atoms with van der Waals surface area (Å²) in [6.45, 7) is 0.656. The smallest absolute Gasteiger partial charge is 0.0679 e. The second-order valence-electron chi connectivity index (χ2n) is 3.18. The summed E-state index contributed by atoms with van der Waals surface area (Å²) in [7, 11) is 0. The Morgan fingerprint density at radius 1 is 1.21 bits per heavy atom. The zero-order valence-electron chi connectivity index (χ0n) is 8.53. The first kappa shape index (κ1) is 11.6. The Morgan fingerprint density at radius 3 is 2.50 bits per heavy atom. The molecule has 0 saturated carbocycles. The van der Waals surface area contributed by atoms with E-state index in [-0.39, 0.29) is 0 Å². The van der Waals surface area contributed by atoms with E-state index in [9.17, 15) is 0 Å². The van der Waals surface area contributed by atoms with Crippen molar-refractivity contribution in [3.05, 3.63) is 29.8 Å². The molecule has 0 aliphatic heterocycles. The number of rotatable bonds is 6. The van der Waals surface area contributed by atoms with Gasteiger partial charge >= 0.3 is 0 Å². The number of unbranched alkanes of at least 4 members (excludes halogenated alkanes) is 1. The highest BCUT2D eigenvalue weighted by molar-refractivity contribution is 7.98. The van der Waals surface area contributed by atoms with Crippen LogP contribution in [-0.2, 0) is 11.3 Å². The molecule has 14 heavy (non-hydrogen) atoms. The van der Waals surface area contributed by atoms with Crippen LogP contribution in [0.1, 0.15) is 18.4 Å². The normalized spacial score (nSPS) is 10.4. The van der Waals surface area contributed by atoms with Crippen LogP contribution < -0.4 is 5.90 Å². The number of thioether (sulfide) groups is 1. The molecule has 0 bridgehead atoms. The molecule has 0 aliphatic rings. The lowest BCUT2D eigenvalue weighted by molar-refractivity contribution is 0.134. The number of nitrogens with two attached hydrogens (primary N) is 1. The van der Waals surface area contributed by atoms with E-state index in [4.69, 9.17) is 5.90 Å². The van der Waals surface area contributed by atoms with Crippen molar-refractivity contribution in [3.63, 3.8) is 0 Å². The molecule has 0 fully saturated rings. The summed E-state index contributed by atoms with van der Waals surface area (Å²) >= 11 is 1.77. The van der Waals surface area contributed by atoms with Gasteiger partial charge in [-0.3, -0.25) is 0 Å². The minimum absolute atomic E-state index is 0.656. The molecular formula is C11H17NOS. The first-order valence-corrected chi connectivity index (χ1v) is 6.04. The largest absolute Gasteiger partial charge is 0.305 e. The van der Waals surface area contributed by atoms with Crippen LogP contribution in [-0.4, -0.2) is 12.9 Å². The van der Waals surface area contributed by atoms with Gasteiger partial charge in [0.05, 0.1) is 6.61 Å². The van der Waals surface area contributed by atoms with Gasteiger partial charge in [0.1, 0.15) is 0 Å². The second kappa shape index (κ2) is 6.87. The van der Waals surface area contributed by atoms with Crippen molar-refractivity contribution in [2.24, 2.45) is 5.90 Å². The van der Waals surface area contributed by atoms with Gasteiger partial charge in [0.25, 0.3) is 0 Å². The average Bonchev–Trinajstić information content (AvgIpc) is 2.25. The van der Waals surface area contributed by atoms with Crippen molar-refractivity contribution < 1.29 is 4.84 Å². The average molecular weight is 211 g/mol. The lowest BCUT2D eigenvalue weighted by Gasteiger charge is -2.02. The molecule has 1 aromatic carbocycles. The van der Waals surface area contributed by atoms with Crippen LogP contribution in [0.3, 0.4) is 0 Å². The van der Waals surface area contributed by atoms with E-state index < -0.39 is 0 Å². The third-order valence-corrected chi connectivity index (χ3v) is 2.88. The fourth-order valence-electron chi connectivity index (χ4n) is 1.31. The lowest BCUT2D eigenvalue weighted by Crippen LogP contribution is -2.00. The summed E-state index contributed by atoms with van der Waals surface area (Å²) in [5.74, 6) is 4.94. The molecule has 0 radical (unpaired) electrons. The fraction of sp³-hybridized carbons (Fsp3) is 0.455. The molecule has 2 nitrogen and oxygen atoms in total. The van der Waals surface area contributed by atoms with Crippen LogP contribution in [0.4, 0.5) is 0 Å². The third kappa shape index (κ3) is 4.13. The van der Waals surface area contributed by atoms with Crippen molar-refractivity contribution in [3.8, 4) is 0 Å². The quantitative estimate of drug-likeness (QED) is 0.446. The Kier molecular flexibility index (Phi) is 5.68. The molecule has 0 amide bonds. The van der Waals surface area contributed by atoms with E-state index in [1.54, 1.807) is 11.8 Å². The van der Waals surface area contributed by atoms with E-state index >= 15 is 0 Å². The van der Waals surface area contributed by atoms with Crippen molar-refractivity contribution in [2.45, 2.75) is 24.2 Å². The Balaban J connectivity index is 2.29. The molecule has 0 aromatic heterocycles. The van der Waals surface area contributed by atoms with Gasteiger partial charge in [-0.2, -0.15) is 0 Å². The van der Waals surface area contributed by atoms with E-state index in [1.807, 2.05) is 0 Å². The van der Waals surface area contributed by atoms with Gasteiger partial charge in [0.2, 0.25) is 0 Å². The molecule has 0 saturated heterocycles. The summed E-state index contributed by atoms with van der Waals surface area (Å²) in [6, 6.07) is 8.71. The second-order valence-corrected chi connectivity index (χ2v) is 4.06. The Labute approximate surface area is 89.8 Å². The maximum absolute atomic E-state index is 4.94. The van der Waals surface area contributed by atoms with Crippen molar-refractivity contribution in [1.82, 2.24) is 0 Å². The molecule has 0 atom stereocenters. The van der Waals surface area contributed by atoms with Crippen LogP contribution >= 0.6 is 11.8 Å². The van der Waals surface area contributed by atoms with Crippen molar-refractivity contribution >= 4 is 11.8 Å². The van der Waals surface area contributed by atoms with Gasteiger partial charge in [0, 0.05) is 4.90 Å². The fourth-order valence-corrected chi connectivity index (χ4v) is 1.71. The maximum atomic E-state index is 4.94. The van der Waals surface area contributed by atoms with E-state index in [0.717, 1.165) is 19.3 Å². The lowest BCUT2D eigenvalue weighted by atomic mass is 10.1. The molecule has 2 N–H and O–H groups in total. The van der Waals surface area contributed by atoms with E-state index in [2.05, 4.69) is 35.4 Å². The zero-order chi connectivity index (χ0) is 10.2. The highest BCUT2D eigenvalue weighted by atomic mass is 32.2. The molecule has 3 heteroatoms. The minimum Gasteiger partial charge on any atom is -0.305 e.